The summed E-state index contributed by atoms with van der Waals surface area (Å²) in [5.41, 5.74) is 1.14. The van der Waals surface area contributed by atoms with Crippen LogP contribution in [0.4, 0.5) is 11.4 Å². The van der Waals surface area contributed by atoms with Crippen LogP contribution >= 0.6 is 0 Å². The van der Waals surface area contributed by atoms with Crippen molar-refractivity contribution in [2.24, 2.45) is 0 Å². The fraction of sp³-hybridized carbons (Fsp3) is 0.500. The molecule has 0 saturated heterocycles. The number of aryl methyl sites for hydroxylation is 1. The average molecular weight is 279 g/mol. The van der Waals surface area contributed by atoms with E-state index in [0.717, 1.165) is 0 Å². The van der Waals surface area contributed by atoms with E-state index in [0.29, 0.717) is 24.2 Å². The summed E-state index contributed by atoms with van der Waals surface area (Å²) >= 11 is 0. The zero-order valence-corrected chi connectivity index (χ0v) is 12.3. The van der Waals surface area contributed by atoms with Gasteiger partial charge < -0.3 is 10.6 Å². The highest BCUT2D eigenvalue weighted by Crippen LogP contribution is 2.21. The van der Waals surface area contributed by atoms with Crippen LogP contribution in [-0.4, -0.2) is 22.9 Å². The standard InChI is InChI=1S/C14H21N3O3/c1-10-9-11(5-6-12(10)17(19)20)16-13(18)7-8-15-14(2,3)4/h5-6,9,15H,7-8H2,1-4H3,(H,16,18). The predicted molar refractivity (Wildman–Crippen MR) is 78.8 cm³/mol. The van der Waals surface area contributed by atoms with Crippen LogP contribution in [0.25, 0.3) is 0 Å². The van der Waals surface area contributed by atoms with E-state index in [-0.39, 0.29) is 17.1 Å². The van der Waals surface area contributed by atoms with E-state index in [4.69, 9.17) is 0 Å². The van der Waals surface area contributed by atoms with Gasteiger partial charge in [0, 0.05) is 35.8 Å². The summed E-state index contributed by atoms with van der Waals surface area (Å²) in [6.07, 6.45) is 0.354. The van der Waals surface area contributed by atoms with Gasteiger partial charge in [0.1, 0.15) is 0 Å². The molecule has 1 rings (SSSR count). The third kappa shape index (κ3) is 5.36. The molecule has 0 aromatic heterocycles. The number of benzene rings is 1. The summed E-state index contributed by atoms with van der Waals surface area (Å²) < 4.78 is 0. The molecule has 0 atom stereocenters. The van der Waals surface area contributed by atoms with E-state index in [1.165, 1.54) is 6.07 Å². The molecule has 6 nitrogen and oxygen atoms in total. The number of amides is 1. The molecule has 6 heteroatoms. The number of carbonyl (C=O) groups excluding carboxylic acids is 1. The number of nitro benzene ring substituents is 1. The van der Waals surface area contributed by atoms with Gasteiger partial charge in [-0.3, -0.25) is 14.9 Å². The minimum atomic E-state index is -0.436. The number of nitro groups is 1. The van der Waals surface area contributed by atoms with Crippen molar-refractivity contribution in [3.63, 3.8) is 0 Å². The summed E-state index contributed by atoms with van der Waals surface area (Å²) in [5.74, 6) is -0.116. The molecule has 0 aliphatic carbocycles. The van der Waals surface area contributed by atoms with Crippen molar-refractivity contribution >= 4 is 17.3 Å². The van der Waals surface area contributed by atoms with E-state index < -0.39 is 4.92 Å². The fourth-order valence-electron chi connectivity index (χ4n) is 1.71. The van der Waals surface area contributed by atoms with Crippen molar-refractivity contribution in [3.8, 4) is 0 Å². The topological polar surface area (TPSA) is 84.3 Å². The van der Waals surface area contributed by atoms with Gasteiger partial charge in [-0.25, -0.2) is 0 Å². The van der Waals surface area contributed by atoms with Crippen molar-refractivity contribution in [1.82, 2.24) is 5.32 Å². The summed E-state index contributed by atoms with van der Waals surface area (Å²) in [6, 6.07) is 4.55. The van der Waals surface area contributed by atoms with Crippen molar-refractivity contribution in [2.75, 3.05) is 11.9 Å². The first kappa shape index (κ1) is 16.1. The first-order valence-electron chi connectivity index (χ1n) is 6.49. The molecule has 0 saturated carbocycles. The minimum Gasteiger partial charge on any atom is -0.326 e. The van der Waals surface area contributed by atoms with Gasteiger partial charge in [0.25, 0.3) is 5.69 Å². The molecule has 20 heavy (non-hydrogen) atoms. The first-order valence-corrected chi connectivity index (χ1v) is 6.49. The Balaban J connectivity index is 2.54. The molecule has 0 radical (unpaired) electrons. The second-order valence-electron chi connectivity index (χ2n) is 5.73. The number of rotatable bonds is 5. The van der Waals surface area contributed by atoms with Gasteiger partial charge in [-0.05, 0) is 39.8 Å². The van der Waals surface area contributed by atoms with Gasteiger partial charge in [0.05, 0.1) is 4.92 Å². The Bertz CT molecular complexity index is 507. The van der Waals surface area contributed by atoms with Crippen LogP contribution in [0.2, 0.25) is 0 Å². The van der Waals surface area contributed by atoms with Gasteiger partial charge in [0.15, 0.2) is 0 Å². The lowest BCUT2D eigenvalue weighted by Crippen LogP contribution is -2.37. The smallest absolute Gasteiger partial charge is 0.272 e. The molecule has 1 aromatic carbocycles. The van der Waals surface area contributed by atoms with Gasteiger partial charge in [-0.2, -0.15) is 0 Å². The molecule has 1 amide bonds. The van der Waals surface area contributed by atoms with Crippen molar-refractivity contribution in [3.05, 3.63) is 33.9 Å². The Morgan fingerprint density at radius 3 is 2.50 bits per heavy atom. The lowest BCUT2D eigenvalue weighted by atomic mass is 10.1. The quantitative estimate of drug-likeness (QED) is 0.641. The third-order valence-corrected chi connectivity index (χ3v) is 2.68. The third-order valence-electron chi connectivity index (χ3n) is 2.68. The second kappa shape index (κ2) is 6.47. The maximum Gasteiger partial charge on any atom is 0.272 e. The molecule has 0 spiro atoms. The summed E-state index contributed by atoms with van der Waals surface area (Å²) in [6.45, 7) is 8.33. The second-order valence-corrected chi connectivity index (χ2v) is 5.73. The number of nitrogens with one attached hydrogen (secondary N) is 2. The number of anilines is 1. The van der Waals surface area contributed by atoms with Crippen LogP contribution in [-0.2, 0) is 4.79 Å². The first-order chi connectivity index (χ1) is 9.19. The highest BCUT2D eigenvalue weighted by atomic mass is 16.6. The largest absolute Gasteiger partial charge is 0.326 e. The van der Waals surface area contributed by atoms with Crippen LogP contribution in [0.1, 0.15) is 32.8 Å². The zero-order chi connectivity index (χ0) is 15.3. The van der Waals surface area contributed by atoms with Gasteiger partial charge in [0.2, 0.25) is 5.91 Å². The minimum absolute atomic E-state index is 0.0236. The number of nitrogens with zero attached hydrogens (tertiary/aromatic N) is 1. The zero-order valence-electron chi connectivity index (χ0n) is 12.3. The lowest BCUT2D eigenvalue weighted by molar-refractivity contribution is -0.385. The van der Waals surface area contributed by atoms with E-state index in [9.17, 15) is 14.9 Å². The number of carbonyl (C=O) groups is 1. The molecule has 1 aromatic rings. The molecule has 0 bridgehead atoms. The van der Waals surface area contributed by atoms with Crippen LogP contribution in [0, 0.1) is 17.0 Å². The predicted octanol–water partition coefficient (Wildman–Crippen LogP) is 2.62. The maximum atomic E-state index is 11.7. The van der Waals surface area contributed by atoms with Crippen LogP contribution in [0.3, 0.4) is 0 Å². The summed E-state index contributed by atoms with van der Waals surface area (Å²) in [4.78, 5) is 22.0. The molecule has 0 unspecified atom stereocenters. The van der Waals surface area contributed by atoms with Crippen LogP contribution in [0.15, 0.2) is 18.2 Å². The highest BCUT2D eigenvalue weighted by Gasteiger charge is 2.12. The van der Waals surface area contributed by atoms with Crippen molar-refractivity contribution in [1.29, 1.82) is 0 Å². The molecule has 0 aliphatic heterocycles. The van der Waals surface area contributed by atoms with Gasteiger partial charge >= 0.3 is 0 Å². The Labute approximate surface area is 118 Å². The Morgan fingerprint density at radius 2 is 2.00 bits per heavy atom. The lowest BCUT2D eigenvalue weighted by Gasteiger charge is -2.20. The van der Waals surface area contributed by atoms with Gasteiger partial charge in [-0.15, -0.1) is 0 Å². The summed E-state index contributed by atoms with van der Waals surface area (Å²) in [5, 5.41) is 16.7. The fourth-order valence-corrected chi connectivity index (χ4v) is 1.71. The molecular weight excluding hydrogens is 258 g/mol. The molecule has 110 valence electrons. The van der Waals surface area contributed by atoms with Crippen LogP contribution in [0.5, 0.6) is 0 Å². The van der Waals surface area contributed by atoms with Crippen molar-refractivity contribution in [2.45, 2.75) is 39.7 Å². The Hall–Kier alpha value is -1.95. The van der Waals surface area contributed by atoms with Gasteiger partial charge in [-0.1, -0.05) is 0 Å². The molecular formula is C14H21N3O3. The Morgan fingerprint density at radius 1 is 1.35 bits per heavy atom. The van der Waals surface area contributed by atoms with E-state index in [1.807, 2.05) is 20.8 Å². The van der Waals surface area contributed by atoms with E-state index in [1.54, 1.807) is 19.1 Å². The SMILES string of the molecule is Cc1cc(NC(=O)CCNC(C)(C)C)ccc1[N+](=O)[O-]. The number of hydrogen-bond donors (Lipinski definition) is 2. The van der Waals surface area contributed by atoms with E-state index in [2.05, 4.69) is 10.6 Å². The molecule has 0 heterocycles. The van der Waals surface area contributed by atoms with Crippen LogP contribution < -0.4 is 10.6 Å². The maximum absolute atomic E-state index is 11.7. The average Bonchev–Trinajstić information content (AvgIpc) is 2.26. The Kier molecular flexibility index (Phi) is 5.21. The number of hydrogen-bond acceptors (Lipinski definition) is 4. The molecule has 0 fully saturated rings. The normalized spacial score (nSPS) is 11.2. The van der Waals surface area contributed by atoms with Crippen molar-refractivity contribution < 1.29 is 9.72 Å². The monoisotopic (exact) mass is 279 g/mol. The highest BCUT2D eigenvalue weighted by molar-refractivity contribution is 5.91. The molecule has 0 aliphatic rings. The molecule has 2 N–H and O–H groups in total. The summed E-state index contributed by atoms with van der Waals surface area (Å²) in [7, 11) is 0. The van der Waals surface area contributed by atoms with E-state index >= 15 is 0 Å².